The van der Waals surface area contributed by atoms with Gasteiger partial charge in [-0.25, -0.2) is 4.79 Å². The molecule has 168 valence electrons. The third kappa shape index (κ3) is 5.18. The molecule has 0 saturated heterocycles. The summed E-state index contributed by atoms with van der Waals surface area (Å²) in [6.07, 6.45) is 0. The fraction of sp³-hybridized carbons (Fsp3) is 0.261. The number of carbonyl (C=O) groups excluding carboxylic acids is 3. The molecule has 0 aromatic heterocycles. The summed E-state index contributed by atoms with van der Waals surface area (Å²) in [7, 11) is 0. The van der Waals surface area contributed by atoms with E-state index in [1.807, 2.05) is 38.1 Å². The maximum absolute atomic E-state index is 13.2. The number of rotatable bonds is 8. The van der Waals surface area contributed by atoms with Crippen molar-refractivity contribution in [2.75, 3.05) is 18.5 Å². The highest BCUT2D eigenvalue weighted by molar-refractivity contribution is 6.07. The monoisotopic (exact) mass is 438 g/mol. The minimum atomic E-state index is -0.725. The first kappa shape index (κ1) is 22.7. The third-order valence-electron chi connectivity index (χ3n) is 4.88. The number of allylic oxidation sites excluding steroid dienone is 1. The lowest BCUT2D eigenvalue weighted by atomic mass is 9.94. The second-order valence-electron chi connectivity index (χ2n) is 7.23. The lowest BCUT2D eigenvalue weighted by Gasteiger charge is -2.29. The van der Waals surface area contributed by atoms with Crippen LogP contribution in [-0.4, -0.2) is 31.1 Å². The minimum Gasteiger partial charge on any atom is -0.490 e. The number of ether oxygens (including phenoxy) is 2. The first-order valence-corrected chi connectivity index (χ1v) is 10.1. The van der Waals surface area contributed by atoms with E-state index in [2.05, 4.69) is 16.0 Å². The van der Waals surface area contributed by atoms with Gasteiger partial charge in [0.15, 0.2) is 18.1 Å². The van der Waals surface area contributed by atoms with Crippen LogP contribution in [0.4, 0.5) is 10.5 Å². The Balaban J connectivity index is 1.96. The number of anilines is 1. The summed E-state index contributed by atoms with van der Waals surface area (Å²) in [5, 5.41) is 8.36. The number of nitrogens with one attached hydrogen (secondary N) is 3. The summed E-state index contributed by atoms with van der Waals surface area (Å²) in [5.41, 5.74) is 8.17. The molecule has 0 radical (unpaired) electrons. The molecule has 3 rings (SSSR count). The van der Waals surface area contributed by atoms with Crippen molar-refractivity contribution in [2.24, 2.45) is 5.73 Å². The smallest absolute Gasteiger partial charge is 0.319 e. The Labute approximate surface area is 186 Å². The summed E-state index contributed by atoms with van der Waals surface area (Å²) >= 11 is 0. The normalized spacial score (nSPS) is 15.5. The Morgan fingerprint density at radius 2 is 1.84 bits per heavy atom. The van der Waals surface area contributed by atoms with E-state index in [0.29, 0.717) is 40.6 Å². The predicted octanol–water partition coefficient (Wildman–Crippen LogP) is 2.52. The van der Waals surface area contributed by atoms with E-state index >= 15 is 0 Å². The molecule has 0 aliphatic carbocycles. The molecule has 1 heterocycles. The number of primary amides is 1. The van der Waals surface area contributed by atoms with Gasteiger partial charge in [-0.1, -0.05) is 24.3 Å². The van der Waals surface area contributed by atoms with Crippen molar-refractivity contribution in [2.45, 2.75) is 26.8 Å². The lowest BCUT2D eigenvalue weighted by molar-refractivity contribution is -0.120. The van der Waals surface area contributed by atoms with Gasteiger partial charge in [-0.15, -0.1) is 0 Å². The van der Waals surface area contributed by atoms with Gasteiger partial charge in [-0.3, -0.25) is 9.59 Å². The molecule has 1 aliphatic heterocycles. The molecule has 32 heavy (non-hydrogen) atoms. The highest BCUT2D eigenvalue weighted by Gasteiger charge is 2.32. The Hall–Kier alpha value is -4.01. The van der Waals surface area contributed by atoms with E-state index in [-0.39, 0.29) is 12.5 Å². The molecule has 5 N–H and O–H groups in total. The van der Waals surface area contributed by atoms with Crippen molar-refractivity contribution in [1.29, 1.82) is 0 Å². The van der Waals surface area contributed by atoms with Crippen molar-refractivity contribution in [3.63, 3.8) is 0 Å². The summed E-state index contributed by atoms with van der Waals surface area (Å²) in [4.78, 5) is 36.5. The molecular weight excluding hydrogens is 412 g/mol. The molecular formula is C23H26N4O5. The Morgan fingerprint density at radius 1 is 1.09 bits per heavy atom. The van der Waals surface area contributed by atoms with Crippen LogP contribution in [0.2, 0.25) is 0 Å². The van der Waals surface area contributed by atoms with Gasteiger partial charge < -0.3 is 31.2 Å². The fourth-order valence-corrected chi connectivity index (χ4v) is 3.39. The molecule has 0 saturated carbocycles. The molecule has 9 heteroatoms. The van der Waals surface area contributed by atoms with E-state index in [4.69, 9.17) is 15.2 Å². The fourth-order valence-electron chi connectivity index (χ4n) is 3.39. The number of hydrogen-bond acceptors (Lipinski definition) is 5. The molecule has 9 nitrogen and oxygen atoms in total. The standard InChI is InChI=1S/C23H26N4O5/c1-4-31-18-11-15(9-10-17(18)32-12-19(24)28)21-20(14(3)25-23(30)27-21)22(29)26-16-8-6-5-7-13(16)2/h5-11,21H,4,12H2,1-3H3,(H2,24,28)(H,26,29)(H2,25,27,30)/t21-/m0/s1. The summed E-state index contributed by atoms with van der Waals surface area (Å²) in [6, 6.07) is 11.3. The van der Waals surface area contributed by atoms with E-state index in [9.17, 15) is 14.4 Å². The van der Waals surface area contributed by atoms with Crippen molar-refractivity contribution >= 4 is 23.5 Å². The molecule has 0 fully saturated rings. The lowest BCUT2D eigenvalue weighted by Crippen LogP contribution is -2.46. The van der Waals surface area contributed by atoms with Crippen LogP contribution in [0.15, 0.2) is 53.7 Å². The predicted molar refractivity (Wildman–Crippen MR) is 119 cm³/mol. The van der Waals surface area contributed by atoms with E-state index in [1.54, 1.807) is 25.1 Å². The molecule has 0 unspecified atom stereocenters. The first-order chi connectivity index (χ1) is 15.3. The zero-order chi connectivity index (χ0) is 23.3. The van der Waals surface area contributed by atoms with Crippen LogP contribution in [0.5, 0.6) is 11.5 Å². The molecule has 4 amide bonds. The largest absolute Gasteiger partial charge is 0.490 e. The van der Waals surface area contributed by atoms with Crippen LogP contribution in [0, 0.1) is 6.92 Å². The Bertz CT molecular complexity index is 1080. The molecule has 2 aromatic rings. The highest BCUT2D eigenvalue weighted by Crippen LogP contribution is 2.35. The SMILES string of the molecule is CCOc1cc([C@@H]2NC(=O)NC(C)=C2C(=O)Nc2ccccc2C)ccc1OCC(N)=O. The highest BCUT2D eigenvalue weighted by atomic mass is 16.5. The van der Waals surface area contributed by atoms with E-state index in [0.717, 1.165) is 5.56 Å². The molecule has 1 aliphatic rings. The van der Waals surface area contributed by atoms with Crippen molar-refractivity contribution in [3.05, 3.63) is 64.9 Å². The number of para-hydroxylation sites is 1. The number of hydrogen-bond donors (Lipinski definition) is 4. The Kier molecular flexibility index (Phi) is 6.99. The van der Waals surface area contributed by atoms with Gasteiger partial charge in [0.1, 0.15) is 0 Å². The van der Waals surface area contributed by atoms with Crippen molar-refractivity contribution < 1.29 is 23.9 Å². The molecule has 0 spiro atoms. The minimum absolute atomic E-state index is 0.299. The van der Waals surface area contributed by atoms with Crippen LogP contribution in [0.25, 0.3) is 0 Å². The summed E-state index contributed by atoms with van der Waals surface area (Å²) < 4.78 is 11.1. The van der Waals surface area contributed by atoms with Crippen LogP contribution >= 0.6 is 0 Å². The van der Waals surface area contributed by atoms with Gasteiger partial charge in [0.2, 0.25) is 0 Å². The average molecular weight is 438 g/mol. The van der Waals surface area contributed by atoms with Crippen LogP contribution < -0.4 is 31.2 Å². The van der Waals surface area contributed by atoms with E-state index in [1.165, 1.54) is 0 Å². The summed E-state index contributed by atoms with van der Waals surface area (Å²) in [5.74, 6) is -0.256. The second-order valence-corrected chi connectivity index (χ2v) is 7.23. The van der Waals surface area contributed by atoms with Gasteiger partial charge in [0.25, 0.3) is 11.8 Å². The zero-order valence-corrected chi connectivity index (χ0v) is 18.2. The van der Waals surface area contributed by atoms with Gasteiger partial charge in [-0.2, -0.15) is 0 Å². The number of carbonyl (C=O) groups is 3. The number of nitrogens with two attached hydrogens (primary N) is 1. The zero-order valence-electron chi connectivity index (χ0n) is 18.2. The maximum Gasteiger partial charge on any atom is 0.319 e. The third-order valence-corrected chi connectivity index (χ3v) is 4.88. The topological polar surface area (TPSA) is 132 Å². The van der Waals surface area contributed by atoms with Gasteiger partial charge in [-0.05, 0) is 50.1 Å². The van der Waals surface area contributed by atoms with Crippen LogP contribution in [-0.2, 0) is 9.59 Å². The van der Waals surface area contributed by atoms with Crippen LogP contribution in [0.1, 0.15) is 31.0 Å². The van der Waals surface area contributed by atoms with Crippen molar-refractivity contribution in [1.82, 2.24) is 10.6 Å². The first-order valence-electron chi connectivity index (χ1n) is 10.1. The number of aryl methyl sites for hydroxylation is 1. The molecule has 2 aromatic carbocycles. The molecule has 1 atom stereocenters. The quantitative estimate of drug-likeness (QED) is 0.503. The Morgan fingerprint density at radius 3 is 2.53 bits per heavy atom. The summed E-state index contributed by atoms with van der Waals surface area (Å²) in [6.45, 7) is 5.43. The van der Waals surface area contributed by atoms with Gasteiger partial charge in [0, 0.05) is 11.4 Å². The van der Waals surface area contributed by atoms with E-state index < -0.39 is 18.0 Å². The van der Waals surface area contributed by atoms with Crippen LogP contribution in [0.3, 0.4) is 0 Å². The second kappa shape index (κ2) is 9.86. The van der Waals surface area contributed by atoms with Gasteiger partial charge >= 0.3 is 6.03 Å². The number of urea groups is 1. The number of benzene rings is 2. The average Bonchev–Trinajstić information content (AvgIpc) is 2.74. The van der Waals surface area contributed by atoms with Gasteiger partial charge in [0.05, 0.1) is 18.2 Å². The maximum atomic E-state index is 13.2. The molecule has 0 bridgehead atoms. The van der Waals surface area contributed by atoms with Crippen molar-refractivity contribution in [3.8, 4) is 11.5 Å². The number of amides is 4.